The number of hydrogen-bond donors (Lipinski definition) is 3. The zero-order valence-corrected chi connectivity index (χ0v) is 23.6. The second kappa shape index (κ2) is 11.8. The predicted octanol–water partition coefficient (Wildman–Crippen LogP) is 5.70. The van der Waals surface area contributed by atoms with Gasteiger partial charge in [0.05, 0.1) is 12.2 Å². The van der Waals surface area contributed by atoms with E-state index in [2.05, 4.69) is 32.6 Å². The third kappa shape index (κ3) is 6.25. The van der Waals surface area contributed by atoms with E-state index >= 15 is 0 Å². The highest BCUT2D eigenvalue weighted by Gasteiger charge is 2.50. The molecule has 3 saturated carbocycles. The average Bonchev–Trinajstić information content (AvgIpc) is 3.22. The maximum atomic E-state index is 12.9. The van der Waals surface area contributed by atoms with E-state index in [-0.39, 0.29) is 11.3 Å². The van der Waals surface area contributed by atoms with Gasteiger partial charge in [0.2, 0.25) is 0 Å². The largest absolute Gasteiger partial charge is 0.393 e. The number of piperidine rings is 1. The van der Waals surface area contributed by atoms with Crippen LogP contribution < -0.4 is 0 Å². The van der Waals surface area contributed by atoms with Crippen LogP contribution >= 0.6 is 0 Å². The summed E-state index contributed by atoms with van der Waals surface area (Å²) in [5, 5.41) is 31.3. The van der Waals surface area contributed by atoms with Crippen molar-refractivity contribution >= 4 is 5.91 Å². The summed E-state index contributed by atoms with van der Waals surface area (Å²) in [6, 6.07) is 0. The van der Waals surface area contributed by atoms with Crippen LogP contribution in [0.4, 0.5) is 0 Å². The lowest BCUT2D eigenvalue weighted by atomic mass is 9.60. The predicted molar refractivity (Wildman–Crippen MR) is 149 cm³/mol. The van der Waals surface area contributed by atoms with E-state index in [1.807, 2.05) is 4.90 Å². The Morgan fingerprint density at radius 3 is 2.65 bits per heavy atom. The Hall–Kier alpha value is -1.43. The van der Waals surface area contributed by atoms with Gasteiger partial charge in [-0.15, -0.1) is 0 Å². The van der Waals surface area contributed by atoms with Gasteiger partial charge in [-0.3, -0.25) is 4.79 Å². The van der Waals surface area contributed by atoms with Crippen molar-refractivity contribution in [1.82, 2.24) is 4.90 Å². The lowest BCUT2D eigenvalue weighted by molar-refractivity contribution is -0.151. The molecular weight excluding hydrogens is 462 g/mol. The molecule has 37 heavy (non-hydrogen) atoms. The minimum atomic E-state index is -1.25. The number of allylic oxidation sites excluding steroid dienone is 3. The van der Waals surface area contributed by atoms with Gasteiger partial charge in [0.15, 0.2) is 0 Å². The number of carbonyl (C=O) groups excluding carboxylic acids is 1. The molecule has 3 N–H and O–H groups in total. The van der Waals surface area contributed by atoms with Crippen molar-refractivity contribution < 1.29 is 20.1 Å². The molecule has 0 aromatic rings. The van der Waals surface area contributed by atoms with Crippen molar-refractivity contribution in [2.24, 2.45) is 23.2 Å². The molecule has 1 aliphatic heterocycles. The zero-order chi connectivity index (χ0) is 26.8. The summed E-state index contributed by atoms with van der Waals surface area (Å²) in [5.41, 5.74) is 2.30. The summed E-state index contributed by atoms with van der Waals surface area (Å²) in [6.45, 7) is 12.2. The highest BCUT2D eigenvalue weighted by atomic mass is 16.3. The minimum Gasteiger partial charge on any atom is -0.393 e. The van der Waals surface area contributed by atoms with E-state index in [0.717, 1.165) is 56.3 Å². The number of hydrogen-bond acceptors (Lipinski definition) is 4. The van der Waals surface area contributed by atoms with Gasteiger partial charge in [-0.2, -0.15) is 0 Å². The molecule has 0 bridgehead atoms. The second-order valence-corrected chi connectivity index (χ2v) is 13.2. The third-order valence-corrected chi connectivity index (χ3v) is 10.4. The topological polar surface area (TPSA) is 81.0 Å². The van der Waals surface area contributed by atoms with E-state index in [1.54, 1.807) is 6.92 Å². The van der Waals surface area contributed by atoms with Crippen LogP contribution in [0.25, 0.3) is 0 Å². The van der Waals surface area contributed by atoms with Crippen LogP contribution in [0.3, 0.4) is 0 Å². The van der Waals surface area contributed by atoms with Crippen molar-refractivity contribution in [2.45, 2.75) is 122 Å². The molecule has 208 valence electrons. The van der Waals surface area contributed by atoms with Gasteiger partial charge in [-0.25, -0.2) is 0 Å². The van der Waals surface area contributed by atoms with Gasteiger partial charge in [0, 0.05) is 19.5 Å². The highest BCUT2D eigenvalue weighted by molar-refractivity contribution is 5.84. The van der Waals surface area contributed by atoms with Crippen LogP contribution in [0.2, 0.25) is 0 Å². The SMILES string of the molecule is C=C1C(=CC=C2CCC[C@@]3(C)C2CC[C@@H]3[C@H](C)CCC[C@@](C)(O)C(=O)N2CCCCC2)C[C@@H](O)C[C@@H]1O. The van der Waals surface area contributed by atoms with Crippen molar-refractivity contribution in [3.05, 3.63) is 35.5 Å². The van der Waals surface area contributed by atoms with Gasteiger partial charge in [-0.1, -0.05) is 44.6 Å². The lowest BCUT2D eigenvalue weighted by Gasteiger charge is -2.44. The Morgan fingerprint density at radius 2 is 1.92 bits per heavy atom. The van der Waals surface area contributed by atoms with Crippen molar-refractivity contribution in [3.63, 3.8) is 0 Å². The van der Waals surface area contributed by atoms with Gasteiger partial charge in [-0.05, 0) is 112 Å². The quantitative estimate of drug-likeness (QED) is 0.408. The van der Waals surface area contributed by atoms with E-state index in [4.69, 9.17) is 0 Å². The lowest BCUT2D eigenvalue weighted by Crippen LogP contribution is -2.49. The van der Waals surface area contributed by atoms with Gasteiger partial charge in [0.25, 0.3) is 5.91 Å². The van der Waals surface area contributed by atoms with Gasteiger partial charge >= 0.3 is 0 Å². The molecule has 0 aromatic heterocycles. The van der Waals surface area contributed by atoms with Crippen LogP contribution in [0.1, 0.15) is 104 Å². The Labute approximate surface area is 224 Å². The number of nitrogens with zero attached hydrogens (tertiary/aromatic N) is 1. The molecule has 0 aromatic carbocycles. The molecule has 3 aliphatic carbocycles. The van der Waals surface area contributed by atoms with Crippen molar-refractivity contribution in [1.29, 1.82) is 0 Å². The molecule has 1 amide bonds. The van der Waals surface area contributed by atoms with Crippen LogP contribution in [-0.2, 0) is 4.79 Å². The summed E-state index contributed by atoms with van der Waals surface area (Å²) in [7, 11) is 0. The highest BCUT2D eigenvalue weighted by Crippen LogP contribution is 2.60. The number of carbonyl (C=O) groups is 1. The van der Waals surface area contributed by atoms with Crippen molar-refractivity contribution in [3.8, 4) is 0 Å². The third-order valence-electron chi connectivity index (χ3n) is 10.4. The Balaban J connectivity index is 1.36. The molecule has 1 heterocycles. The number of likely N-dealkylation sites (tertiary alicyclic amines) is 1. The van der Waals surface area contributed by atoms with E-state index < -0.39 is 17.8 Å². The molecular formula is C32H51NO4. The fourth-order valence-corrected chi connectivity index (χ4v) is 8.19. The fraction of sp³-hybridized carbons (Fsp3) is 0.781. The molecule has 7 atom stereocenters. The smallest absolute Gasteiger partial charge is 0.254 e. The molecule has 5 heteroatoms. The molecule has 0 radical (unpaired) electrons. The standard InChI is InChI=1S/C32H51NO4/c1-22(10-8-17-32(4,37)30(36)33-18-6-5-7-19-33)27-14-15-28-24(11-9-16-31(27,28)3)12-13-25-20-26(34)21-29(35)23(25)2/h12-13,22,26-29,34-35,37H,2,5-11,14-21H2,1,3-4H3/t22-,26-,27-,28?,29+,31-,32-/m1/s1. The molecule has 1 saturated heterocycles. The van der Waals surface area contributed by atoms with Gasteiger partial charge in [0.1, 0.15) is 5.60 Å². The number of aliphatic hydroxyl groups is 3. The molecule has 5 nitrogen and oxygen atoms in total. The minimum absolute atomic E-state index is 0.0791. The first-order chi connectivity index (χ1) is 17.5. The summed E-state index contributed by atoms with van der Waals surface area (Å²) < 4.78 is 0. The first-order valence-corrected chi connectivity index (χ1v) is 15.0. The van der Waals surface area contributed by atoms with Crippen LogP contribution in [-0.4, -0.2) is 57.0 Å². The Kier molecular flexibility index (Phi) is 9.08. The van der Waals surface area contributed by atoms with E-state index in [1.165, 1.54) is 37.7 Å². The first kappa shape index (κ1) is 28.6. The Bertz CT molecular complexity index is 898. The molecule has 4 fully saturated rings. The summed E-state index contributed by atoms with van der Waals surface area (Å²) >= 11 is 0. The Morgan fingerprint density at radius 1 is 1.19 bits per heavy atom. The maximum Gasteiger partial charge on any atom is 0.254 e. The van der Waals surface area contributed by atoms with E-state index in [9.17, 15) is 20.1 Å². The summed E-state index contributed by atoms with van der Waals surface area (Å²) in [4.78, 5) is 14.8. The van der Waals surface area contributed by atoms with Crippen LogP contribution in [0.5, 0.6) is 0 Å². The molecule has 4 rings (SSSR count). The number of amides is 1. The number of aliphatic hydroxyl groups excluding tert-OH is 2. The zero-order valence-electron chi connectivity index (χ0n) is 23.6. The molecule has 0 spiro atoms. The maximum absolute atomic E-state index is 12.9. The molecule has 4 aliphatic rings. The van der Waals surface area contributed by atoms with Crippen LogP contribution in [0, 0.1) is 23.2 Å². The monoisotopic (exact) mass is 513 g/mol. The van der Waals surface area contributed by atoms with Crippen LogP contribution in [0.15, 0.2) is 35.5 Å². The van der Waals surface area contributed by atoms with Crippen molar-refractivity contribution in [2.75, 3.05) is 13.1 Å². The second-order valence-electron chi connectivity index (χ2n) is 13.2. The summed E-state index contributed by atoms with van der Waals surface area (Å²) in [5.74, 6) is 1.73. The van der Waals surface area contributed by atoms with Gasteiger partial charge < -0.3 is 20.2 Å². The fourth-order valence-electron chi connectivity index (χ4n) is 8.19. The molecule has 1 unspecified atom stereocenters. The average molecular weight is 514 g/mol. The number of rotatable bonds is 7. The van der Waals surface area contributed by atoms with E-state index in [0.29, 0.717) is 37.0 Å². The first-order valence-electron chi connectivity index (χ1n) is 15.0. The number of fused-ring (bicyclic) bond motifs is 1. The normalized spacial score (nSPS) is 37.5. The summed E-state index contributed by atoms with van der Waals surface area (Å²) in [6.07, 6.45) is 16.0.